The zero-order chi connectivity index (χ0) is 14.3. The Balaban J connectivity index is 2.03. The van der Waals surface area contributed by atoms with Gasteiger partial charge in [-0.15, -0.1) is 0 Å². The van der Waals surface area contributed by atoms with Crippen molar-refractivity contribution in [3.63, 3.8) is 0 Å². The second-order valence-corrected chi connectivity index (χ2v) is 6.23. The molecule has 0 N–H and O–H groups in total. The minimum absolute atomic E-state index is 0.106. The lowest BCUT2D eigenvalue weighted by Gasteiger charge is -2.28. The maximum absolute atomic E-state index is 12.1. The molecule has 2 aromatic rings. The molecule has 4 heteroatoms. The largest absolute Gasteiger partial charge is 0.274 e. The average Bonchev–Trinajstić information content (AvgIpc) is 2.37. The number of amides is 2. The zero-order valence-electron chi connectivity index (χ0n) is 11.1. The molecule has 0 bridgehead atoms. The first-order chi connectivity index (χ1) is 9.54. The number of halogens is 1. The van der Waals surface area contributed by atoms with Crippen LogP contribution in [0.15, 0.2) is 40.9 Å². The molecule has 0 aliphatic carbocycles. The van der Waals surface area contributed by atoms with Crippen LogP contribution in [0.2, 0.25) is 0 Å². The number of benzene rings is 2. The molecule has 2 amide bonds. The maximum Gasteiger partial charge on any atom is 0.234 e. The van der Waals surface area contributed by atoms with E-state index in [4.69, 9.17) is 0 Å². The quantitative estimate of drug-likeness (QED) is 0.743. The summed E-state index contributed by atoms with van der Waals surface area (Å²) >= 11 is 3.43. The average molecular weight is 332 g/mol. The van der Waals surface area contributed by atoms with Gasteiger partial charge in [0.25, 0.3) is 0 Å². The van der Waals surface area contributed by atoms with Gasteiger partial charge >= 0.3 is 0 Å². The Morgan fingerprint density at radius 2 is 1.60 bits per heavy atom. The van der Waals surface area contributed by atoms with Crippen LogP contribution in [0.5, 0.6) is 0 Å². The van der Waals surface area contributed by atoms with E-state index in [0.29, 0.717) is 18.5 Å². The van der Waals surface area contributed by atoms with Gasteiger partial charge in [-0.1, -0.05) is 35.0 Å². The van der Waals surface area contributed by atoms with E-state index >= 15 is 0 Å². The van der Waals surface area contributed by atoms with Crippen LogP contribution >= 0.6 is 15.9 Å². The monoisotopic (exact) mass is 331 g/mol. The van der Waals surface area contributed by atoms with Gasteiger partial charge in [0.1, 0.15) is 0 Å². The van der Waals surface area contributed by atoms with E-state index in [-0.39, 0.29) is 17.7 Å². The normalized spacial score (nSPS) is 17.0. The topological polar surface area (TPSA) is 37.4 Å². The number of hydrogen-bond donors (Lipinski definition) is 0. The minimum Gasteiger partial charge on any atom is -0.274 e. The third-order valence-corrected chi connectivity index (χ3v) is 4.08. The van der Waals surface area contributed by atoms with Crippen LogP contribution in [0.1, 0.15) is 19.8 Å². The van der Waals surface area contributed by atoms with E-state index in [2.05, 4.69) is 15.9 Å². The first-order valence-electron chi connectivity index (χ1n) is 6.60. The lowest BCUT2D eigenvalue weighted by Crippen LogP contribution is -2.42. The van der Waals surface area contributed by atoms with Gasteiger partial charge in [0, 0.05) is 17.3 Å². The number of fused-ring (bicyclic) bond motifs is 1. The summed E-state index contributed by atoms with van der Waals surface area (Å²) in [4.78, 5) is 25.5. The summed E-state index contributed by atoms with van der Waals surface area (Å²) < 4.78 is 1.01. The van der Waals surface area contributed by atoms with Crippen LogP contribution in [0.4, 0.5) is 5.69 Å². The van der Waals surface area contributed by atoms with Gasteiger partial charge in [0.05, 0.1) is 5.69 Å². The maximum atomic E-state index is 12.1. The van der Waals surface area contributed by atoms with Gasteiger partial charge in [0.2, 0.25) is 11.8 Å². The highest BCUT2D eigenvalue weighted by molar-refractivity contribution is 9.10. The third-order valence-electron chi connectivity index (χ3n) is 3.59. The predicted octanol–water partition coefficient (Wildman–Crippen LogP) is 3.89. The molecule has 1 fully saturated rings. The number of carbonyl (C=O) groups excluding carboxylic acids is 2. The number of hydrogen-bond acceptors (Lipinski definition) is 2. The van der Waals surface area contributed by atoms with Crippen molar-refractivity contribution in [3.05, 3.63) is 40.9 Å². The standard InChI is InChI=1S/C16H14BrNO2/c1-10-6-15(19)18(16(20)7-10)14-5-3-11-8-13(17)4-2-12(11)9-14/h2-5,8-10H,6-7H2,1H3. The summed E-state index contributed by atoms with van der Waals surface area (Å²) in [5.41, 5.74) is 0.668. The van der Waals surface area contributed by atoms with Crippen LogP contribution in [0.25, 0.3) is 10.8 Å². The summed E-state index contributed by atoms with van der Waals surface area (Å²) in [6.07, 6.45) is 0.869. The number of anilines is 1. The number of nitrogens with zero attached hydrogens (tertiary/aromatic N) is 1. The van der Waals surface area contributed by atoms with Crippen LogP contribution in [0.3, 0.4) is 0 Å². The fraction of sp³-hybridized carbons (Fsp3) is 0.250. The van der Waals surface area contributed by atoms with E-state index < -0.39 is 0 Å². The van der Waals surface area contributed by atoms with Crippen molar-refractivity contribution in [3.8, 4) is 0 Å². The van der Waals surface area contributed by atoms with Crippen LogP contribution < -0.4 is 4.90 Å². The Morgan fingerprint density at radius 3 is 2.30 bits per heavy atom. The van der Waals surface area contributed by atoms with Crippen molar-refractivity contribution >= 4 is 44.2 Å². The fourth-order valence-corrected chi connectivity index (χ4v) is 3.00. The molecule has 1 aliphatic heterocycles. The van der Waals surface area contributed by atoms with Crippen molar-refractivity contribution in [1.82, 2.24) is 0 Å². The number of imide groups is 1. The van der Waals surface area contributed by atoms with Gasteiger partial charge in [-0.2, -0.15) is 0 Å². The van der Waals surface area contributed by atoms with Crippen LogP contribution in [0, 0.1) is 5.92 Å². The SMILES string of the molecule is CC1CC(=O)N(c2ccc3cc(Br)ccc3c2)C(=O)C1. The first kappa shape index (κ1) is 13.3. The molecule has 1 aliphatic rings. The van der Waals surface area contributed by atoms with E-state index in [1.54, 1.807) is 0 Å². The summed E-state index contributed by atoms with van der Waals surface area (Å²) in [7, 11) is 0. The second-order valence-electron chi connectivity index (χ2n) is 5.31. The Morgan fingerprint density at radius 1 is 1.00 bits per heavy atom. The number of rotatable bonds is 1. The summed E-state index contributed by atoms with van der Waals surface area (Å²) in [6.45, 7) is 1.94. The third kappa shape index (κ3) is 2.36. The molecule has 1 heterocycles. The van der Waals surface area contributed by atoms with Crippen molar-refractivity contribution in [2.75, 3.05) is 4.90 Å². The molecular weight excluding hydrogens is 318 g/mol. The highest BCUT2D eigenvalue weighted by atomic mass is 79.9. The fourth-order valence-electron chi connectivity index (χ4n) is 2.62. The minimum atomic E-state index is -0.106. The Kier molecular flexibility index (Phi) is 3.34. The lowest BCUT2D eigenvalue weighted by molar-refractivity contribution is -0.130. The molecule has 0 spiro atoms. The molecule has 0 unspecified atom stereocenters. The van der Waals surface area contributed by atoms with Gasteiger partial charge in [0.15, 0.2) is 0 Å². The number of carbonyl (C=O) groups is 2. The van der Waals surface area contributed by atoms with Crippen molar-refractivity contribution in [2.45, 2.75) is 19.8 Å². The first-order valence-corrected chi connectivity index (χ1v) is 7.39. The van der Waals surface area contributed by atoms with Crippen molar-refractivity contribution in [1.29, 1.82) is 0 Å². The highest BCUT2D eigenvalue weighted by Gasteiger charge is 2.31. The Labute approximate surface area is 125 Å². The van der Waals surface area contributed by atoms with E-state index in [1.165, 1.54) is 4.90 Å². The van der Waals surface area contributed by atoms with Crippen LogP contribution in [-0.4, -0.2) is 11.8 Å². The molecule has 20 heavy (non-hydrogen) atoms. The van der Waals surface area contributed by atoms with Gasteiger partial charge in [-0.3, -0.25) is 14.5 Å². The predicted molar refractivity (Wildman–Crippen MR) is 82.5 cm³/mol. The molecule has 2 aromatic carbocycles. The lowest BCUT2D eigenvalue weighted by atomic mass is 9.97. The van der Waals surface area contributed by atoms with Crippen molar-refractivity contribution in [2.24, 2.45) is 5.92 Å². The molecule has 102 valence electrons. The summed E-state index contributed by atoms with van der Waals surface area (Å²) in [6, 6.07) is 11.6. The van der Waals surface area contributed by atoms with Gasteiger partial charge in [-0.05, 0) is 41.0 Å². The molecule has 1 saturated heterocycles. The highest BCUT2D eigenvalue weighted by Crippen LogP contribution is 2.29. The molecule has 0 saturated carbocycles. The zero-order valence-corrected chi connectivity index (χ0v) is 12.7. The van der Waals surface area contributed by atoms with Gasteiger partial charge in [-0.25, -0.2) is 0 Å². The summed E-state index contributed by atoms with van der Waals surface area (Å²) in [5, 5.41) is 2.10. The molecule has 3 nitrogen and oxygen atoms in total. The Bertz CT molecular complexity index is 693. The molecule has 3 rings (SSSR count). The van der Waals surface area contributed by atoms with Gasteiger partial charge < -0.3 is 0 Å². The molecular formula is C16H14BrNO2. The molecule has 0 atom stereocenters. The van der Waals surface area contributed by atoms with E-state index in [0.717, 1.165) is 15.2 Å². The smallest absolute Gasteiger partial charge is 0.234 e. The van der Waals surface area contributed by atoms with E-state index in [1.807, 2.05) is 43.3 Å². The van der Waals surface area contributed by atoms with E-state index in [9.17, 15) is 9.59 Å². The number of piperidine rings is 1. The molecule has 0 aromatic heterocycles. The van der Waals surface area contributed by atoms with Crippen molar-refractivity contribution < 1.29 is 9.59 Å². The Hall–Kier alpha value is -1.68. The molecule has 0 radical (unpaired) electrons. The second kappa shape index (κ2) is 5.02. The van der Waals surface area contributed by atoms with Crippen LogP contribution in [-0.2, 0) is 9.59 Å². The summed E-state index contributed by atoms with van der Waals surface area (Å²) in [5.74, 6) is -0.0712.